The molecule has 15 heavy (non-hydrogen) atoms. The van der Waals surface area contributed by atoms with Crippen LogP contribution in [0.4, 0.5) is 5.95 Å². The van der Waals surface area contributed by atoms with E-state index in [4.69, 9.17) is 0 Å². The molecule has 0 amide bonds. The van der Waals surface area contributed by atoms with Gasteiger partial charge in [0.2, 0.25) is 5.95 Å². The Morgan fingerprint density at radius 1 is 1.53 bits per heavy atom. The van der Waals surface area contributed by atoms with Crippen molar-refractivity contribution in [3.05, 3.63) is 23.8 Å². The summed E-state index contributed by atoms with van der Waals surface area (Å²) in [5.41, 5.74) is 2.13. The maximum atomic E-state index is 11.3. The van der Waals surface area contributed by atoms with Crippen LogP contribution in [-0.2, 0) is 4.74 Å². The summed E-state index contributed by atoms with van der Waals surface area (Å²) in [6, 6.07) is 5.18. The van der Waals surface area contributed by atoms with E-state index >= 15 is 0 Å². The number of carbonyl (C=O) groups excluding carboxylic acids is 1. The number of hydrogen-bond donors (Lipinski definition) is 2. The number of fused-ring (bicyclic) bond motifs is 1. The monoisotopic (exact) mass is 205 g/mol. The molecule has 1 heterocycles. The minimum Gasteiger partial charge on any atom is -0.465 e. The van der Waals surface area contributed by atoms with E-state index in [1.54, 1.807) is 25.2 Å². The Hall–Kier alpha value is -2.04. The van der Waals surface area contributed by atoms with Gasteiger partial charge in [-0.05, 0) is 18.2 Å². The third-order valence-corrected chi connectivity index (χ3v) is 2.14. The molecule has 5 nitrogen and oxygen atoms in total. The standard InChI is InChI=1S/C10H11N3O2/c1-11-10-12-7-4-3-6(9(14)15-2)5-8(7)13-10/h3-5H,1-2H3,(H2,11,12,13). The van der Waals surface area contributed by atoms with Gasteiger partial charge in [-0.3, -0.25) is 0 Å². The summed E-state index contributed by atoms with van der Waals surface area (Å²) in [5, 5.41) is 2.90. The summed E-state index contributed by atoms with van der Waals surface area (Å²) < 4.78 is 4.63. The van der Waals surface area contributed by atoms with E-state index in [0.717, 1.165) is 11.0 Å². The number of benzene rings is 1. The predicted molar refractivity (Wildman–Crippen MR) is 57.0 cm³/mol. The number of methoxy groups -OCH3 is 1. The van der Waals surface area contributed by atoms with Gasteiger partial charge >= 0.3 is 5.97 Å². The maximum absolute atomic E-state index is 11.3. The highest BCUT2D eigenvalue weighted by Gasteiger charge is 2.07. The number of rotatable bonds is 2. The molecule has 0 unspecified atom stereocenters. The molecule has 2 rings (SSSR count). The van der Waals surface area contributed by atoms with Crippen LogP contribution in [0, 0.1) is 0 Å². The maximum Gasteiger partial charge on any atom is 0.337 e. The second-order valence-electron chi connectivity index (χ2n) is 3.06. The van der Waals surface area contributed by atoms with Crippen LogP contribution in [0.2, 0.25) is 0 Å². The van der Waals surface area contributed by atoms with Gasteiger partial charge in [0.25, 0.3) is 0 Å². The molecule has 0 saturated carbocycles. The summed E-state index contributed by atoms with van der Waals surface area (Å²) in [4.78, 5) is 18.5. The van der Waals surface area contributed by atoms with E-state index in [2.05, 4.69) is 20.0 Å². The van der Waals surface area contributed by atoms with Crippen LogP contribution in [0.3, 0.4) is 0 Å². The largest absolute Gasteiger partial charge is 0.465 e. The van der Waals surface area contributed by atoms with Crippen LogP contribution in [0.5, 0.6) is 0 Å². The number of carbonyl (C=O) groups is 1. The lowest BCUT2D eigenvalue weighted by Crippen LogP contribution is -2.00. The SMILES string of the molecule is CNc1nc2ccc(C(=O)OC)cc2[nH]1. The Kier molecular flexibility index (Phi) is 2.29. The van der Waals surface area contributed by atoms with Crippen molar-refractivity contribution in [2.45, 2.75) is 0 Å². The van der Waals surface area contributed by atoms with Crippen LogP contribution in [0.1, 0.15) is 10.4 Å². The van der Waals surface area contributed by atoms with Crippen molar-refractivity contribution in [3.63, 3.8) is 0 Å². The Morgan fingerprint density at radius 3 is 3.00 bits per heavy atom. The number of nitrogens with one attached hydrogen (secondary N) is 2. The van der Waals surface area contributed by atoms with Crippen LogP contribution in [-0.4, -0.2) is 30.1 Å². The van der Waals surface area contributed by atoms with Gasteiger partial charge in [0.1, 0.15) is 0 Å². The number of esters is 1. The third kappa shape index (κ3) is 1.63. The van der Waals surface area contributed by atoms with E-state index in [1.165, 1.54) is 7.11 Å². The van der Waals surface area contributed by atoms with Crippen LogP contribution < -0.4 is 5.32 Å². The Bertz CT molecular complexity index is 504. The van der Waals surface area contributed by atoms with Crippen molar-refractivity contribution in [2.24, 2.45) is 0 Å². The van der Waals surface area contributed by atoms with Crippen molar-refractivity contribution in [1.82, 2.24) is 9.97 Å². The predicted octanol–water partition coefficient (Wildman–Crippen LogP) is 1.39. The first-order chi connectivity index (χ1) is 7.24. The highest BCUT2D eigenvalue weighted by atomic mass is 16.5. The van der Waals surface area contributed by atoms with Gasteiger partial charge in [-0.25, -0.2) is 9.78 Å². The van der Waals surface area contributed by atoms with Crippen molar-refractivity contribution in [1.29, 1.82) is 0 Å². The van der Waals surface area contributed by atoms with Gasteiger partial charge < -0.3 is 15.0 Å². The zero-order valence-electron chi connectivity index (χ0n) is 8.50. The topological polar surface area (TPSA) is 67.0 Å². The lowest BCUT2D eigenvalue weighted by Gasteiger charge is -1.97. The second kappa shape index (κ2) is 3.61. The fraction of sp³-hybridized carbons (Fsp3) is 0.200. The summed E-state index contributed by atoms with van der Waals surface area (Å²) in [5.74, 6) is 0.324. The van der Waals surface area contributed by atoms with E-state index in [1.807, 2.05) is 0 Å². The third-order valence-electron chi connectivity index (χ3n) is 2.14. The molecule has 0 aliphatic carbocycles. The molecule has 0 aliphatic rings. The van der Waals surface area contributed by atoms with Gasteiger partial charge in [0.05, 0.1) is 23.7 Å². The fourth-order valence-corrected chi connectivity index (χ4v) is 1.37. The van der Waals surface area contributed by atoms with E-state index in [9.17, 15) is 4.79 Å². The average Bonchev–Trinajstić information content (AvgIpc) is 2.69. The molecular weight excluding hydrogens is 194 g/mol. The number of H-pyrrole nitrogens is 1. The fourth-order valence-electron chi connectivity index (χ4n) is 1.37. The number of ether oxygens (including phenoxy) is 1. The molecule has 0 radical (unpaired) electrons. The smallest absolute Gasteiger partial charge is 0.337 e. The first-order valence-electron chi connectivity index (χ1n) is 4.50. The van der Waals surface area contributed by atoms with E-state index in [0.29, 0.717) is 11.5 Å². The summed E-state index contributed by atoms with van der Waals surface area (Å²) in [6.07, 6.45) is 0. The molecule has 0 saturated heterocycles. The number of anilines is 1. The van der Waals surface area contributed by atoms with Crippen LogP contribution in [0.15, 0.2) is 18.2 Å². The summed E-state index contributed by atoms with van der Waals surface area (Å²) >= 11 is 0. The Balaban J connectivity index is 2.50. The highest BCUT2D eigenvalue weighted by Crippen LogP contribution is 2.16. The lowest BCUT2D eigenvalue weighted by atomic mass is 10.2. The molecule has 78 valence electrons. The zero-order chi connectivity index (χ0) is 10.8. The number of hydrogen-bond acceptors (Lipinski definition) is 4. The Morgan fingerprint density at radius 2 is 2.33 bits per heavy atom. The van der Waals surface area contributed by atoms with Gasteiger partial charge in [-0.2, -0.15) is 0 Å². The van der Waals surface area contributed by atoms with Gasteiger partial charge in [0, 0.05) is 7.05 Å². The number of aromatic amines is 1. The normalized spacial score (nSPS) is 10.3. The molecule has 2 aromatic rings. The first kappa shape index (κ1) is 9.51. The highest BCUT2D eigenvalue weighted by molar-refractivity contribution is 5.93. The number of imidazole rings is 1. The lowest BCUT2D eigenvalue weighted by molar-refractivity contribution is 0.0601. The van der Waals surface area contributed by atoms with Crippen molar-refractivity contribution >= 4 is 23.0 Å². The van der Waals surface area contributed by atoms with Gasteiger partial charge in [-0.1, -0.05) is 0 Å². The second-order valence-corrected chi connectivity index (χ2v) is 3.06. The Labute approximate surface area is 86.5 Å². The van der Waals surface area contributed by atoms with Crippen molar-refractivity contribution in [3.8, 4) is 0 Å². The van der Waals surface area contributed by atoms with Crippen molar-refractivity contribution < 1.29 is 9.53 Å². The molecular formula is C10H11N3O2. The molecule has 1 aromatic carbocycles. The molecule has 2 N–H and O–H groups in total. The number of aromatic nitrogens is 2. The van der Waals surface area contributed by atoms with E-state index < -0.39 is 0 Å². The van der Waals surface area contributed by atoms with Crippen LogP contribution >= 0.6 is 0 Å². The van der Waals surface area contributed by atoms with Gasteiger partial charge in [-0.15, -0.1) is 0 Å². The number of nitrogens with zero attached hydrogens (tertiary/aromatic N) is 1. The molecule has 0 spiro atoms. The van der Waals surface area contributed by atoms with Crippen LogP contribution in [0.25, 0.3) is 11.0 Å². The van der Waals surface area contributed by atoms with Gasteiger partial charge in [0.15, 0.2) is 0 Å². The first-order valence-corrected chi connectivity index (χ1v) is 4.50. The molecule has 1 aromatic heterocycles. The van der Waals surface area contributed by atoms with E-state index in [-0.39, 0.29) is 5.97 Å². The average molecular weight is 205 g/mol. The quantitative estimate of drug-likeness (QED) is 0.727. The molecule has 0 bridgehead atoms. The molecule has 0 atom stereocenters. The summed E-state index contributed by atoms with van der Waals surface area (Å²) in [6.45, 7) is 0. The summed E-state index contributed by atoms with van der Waals surface area (Å²) in [7, 11) is 3.14. The zero-order valence-corrected chi connectivity index (χ0v) is 8.50. The van der Waals surface area contributed by atoms with Crippen molar-refractivity contribution in [2.75, 3.05) is 19.5 Å². The molecule has 5 heteroatoms. The molecule has 0 fully saturated rings. The molecule has 0 aliphatic heterocycles. The minimum atomic E-state index is -0.350. The minimum absolute atomic E-state index is 0.350.